The van der Waals surface area contributed by atoms with Crippen molar-refractivity contribution >= 4 is 22.6 Å². The SMILES string of the molecule is Ic1ncccc1OC1COC1. The average molecular weight is 277 g/mol. The fourth-order valence-electron chi connectivity index (χ4n) is 0.921. The van der Waals surface area contributed by atoms with Crippen LogP contribution in [-0.2, 0) is 4.74 Å². The third-order valence-electron chi connectivity index (χ3n) is 1.63. The van der Waals surface area contributed by atoms with Crippen molar-refractivity contribution in [1.82, 2.24) is 4.98 Å². The quantitative estimate of drug-likeness (QED) is 0.606. The molecule has 1 aromatic rings. The van der Waals surface area contributed by atoms with Gasteiger partial charge in [0.2, 0.25) is 0 Å². The second-order valence-corrected chi connectivity index (χ2v) is 3.59. The number of rotatable bonds is 2. The first kappa shape index (κ1) is 8.25. The molecule has 4 heteroatoms. The highest BCUT2D eigenvalue weighted by molar-refractivity contribution is 14.1. The normalized spacial score (nSPS) is 17.1. The minimum absolute atomic E-state index is 0.225. The van der Waals surface area contributed by atoms with Crippen LogP contribution in [0.5, 0.6) is 5.75 Å². The van der Waals surface area contributed by atoms with E-state index in [4.69, 9.17) is 9.47 Å². The Bertz CT molecular complexity index is 276. The van der Waals surface area contributed by atoms with Gasteiger partial charge in [0.05, 0.1) is 13.2 Å². The fraction of sp³-hybridized carbons (Fsp3) is 0.375. The van der Waals surface area contributed by atoms with E-state index in [9.17, 15) is 0 Å². The topological polar surface area (TPSA) is 31.4 Å². The van der Waals surface area contributed by atoms with Crippen LogP contribution in [0.3, 0.4) is 0 Å². The molecule has 0 atom stereocenters. The van der Waals surface area contributed by atoms with E-state index in [0.717, 1.165) is 9.45 Å². The Hall–Kier alpha value is -0.360. The number of halogens is 1. The summed E-state index contributed by atoms with van der Waals surface area (Å²) in [4.78, 5) is 4.11. The van der Waals surface area contributed by atoms with Gasteiger partial charge in [-0.2, -0.15) is 0 Å². The van der Waals surface area contributed by atoms with Crippen LogP contribution in [0.2, 0.25) is 0 Å². The molecule has 3 nitrogen and oxygen atoms in total. The predicted molar refractivity (Wildman–Crippen MR) is 52.2 cm³/mol. The lowest BCUT2D eigenvalue weighted by molar-refractivity contribution is -0.0801. The van der Waals surface area contributed by atoms with Crippen LogP contribution in [0.25, 0.3) is 0 Å². The van der Waals surface area contributed by atoms with E-state index in [1.807, 2.05) is 12.1 Å². The Morgan fingerprint density at radius 2 is 2.42 bits per heavy atom. The van der Waals surface area contributed by atoms with Gasteiger partial charge in [0.25, 0.3) is 0 Å². The number of pyridine rings is 1. The number of hydrogen-bond acceptors (Lipinski definition) is 3. The zero-order chi connectivity index (χ0) is 8.39. The van der Waals surface area contributed by atoms with Gasteiger partial charge < -0.3 is 9.47 Å². The van der Waals surface area contributed by atoms with Crippen LogP contribution in [0, 0.1) is 3.70 Å². The fourth-order valence-corrected chi connectivity index (χ4v) is 1.39. The molecule has 0 bridgehead atoms. The molecular weight excluding hydrogens is 269 g/mol. The molecule has 2 heterocycles. The van der Waals surface area contributed by atoms with Gasteiger partial charge >= 0.3 is 0 Å². The van der Waals surface area contributed by atoms with E-state index in [1.165, 1.54) is 0 Å². The van der Waals surface area contributed by atoms with Crippen molar-refractivity contribution in [1.29, 1.82) is 0 Å². The minimum atomic E-state index is 0.225. The molecule has 0 radical (unpaired) electrons. The molecule has 0 N–H and O–H groups in total. The Morgan fingerprint density at radius 3 is 3.00 bits per heavy atom. The molecule has 1 aliphatic rings. The van der Waals surface area contributed by atoms with Gasteiger partial charge in [-0.05, 0) is 34.7 Å². The van der Waals surface area contributed by atoms with Gasteiger partial charge in [-0.1, -0.05) is 0 Å². The number of hydrogen-bond donors (Lipinski definition) is 0. The van der Waals surface area contributed by atoms with Gasteiger partial charge in [-0.15, -0.1) is 0 Å². The lowest BCUT2D eigenvalue weighted by atomic mass is 10.3. The molecule has 1 aromatic heterocycles. The third-order valence-corrected chi connectivity index (χ3v) is 2.44. The van der Waals surface area contributed by atoms with Crippen LogP contribution in [-0.4, -0.2) is 24.3 Å². The third kappa shape index (κ3) is 1.69. The van der Waals surface area contributed by atoms with Crippen molar-refractivity contribution in [2.75, 3.05) is 13.2 Å². The van der Waals surface area contributed by atoms with Crippen molar-refractivity contribution < 1.29 is 9.47 Å². The Kier molecular flexibility index (Phi) is 2.45. The van der Waals surface area contributed by atoms with Crippen molar-refractivity contribution in [3.63, 3.8) is 0 Å². The van der Waals surface area contributed by atoms with Gasteiger partial charge in [-0.25, -0.2) is 4.98 Å². The molecule has 0 saturated carbocycles. The number of nitrogens with zero attached hydrogens (tertiary/aromatic N) is 1. The van der Waals surface area contributed by atoms with Crippen LogP contribution >= 0.6 is 22.6 Å². The molecule has 0 unspecified atom stereocenters. The van der Waals surface area contributed by atoms with E-state index in [1.54, 1.807) is 6.20 Å². The summed E-state index contributed by atoms with van der Waals surface area (Å²) in [6.07, 6.45) is 1.98. The van der Waals surface area contributed by atoms with Crippen LogP contribution in [0.15, 0.2) is 18.3 Å². The maximum Gasteiger partial charge on any atom is 0.151 e. The monoisotopic (exact) mass is 277 g/mol. The van der Waals surface area contributed by atoms with Crippen LogP contribution < -0.4 is 4.74 Å². The second kappa shape index (κ2) is 3.57. The Balaban J connectivity index is 2.06. The second-order valence-electron chi connectivity index (χ2n) is 2.57. The van der Waals surface area contributed by atoms with Gasteiger partial charge in [0.1, 0.15) is 9.80 Å². The first-order valence-corrected chi connectivity index (χ1v) is 4.79. The highest BCUT2D eigenvalue weighted by atomic mass is 127. The van der Waals surface area contributed by atoms with E-state index >= 15 is 0 Å². The molecule has 1 saturated heterocycles. The van der Waals surface area contributed by atoms with Crippen molar-refractivity contribution in [2.24, 2.45) is 0 Å². The standard InChI is InChI=1S/C8H8INO2/c9-8-7(2-1-3-10-8)12-6-4-11-5-6/h1-3,6H,4-5H2. The lowest BCUT2D eigenvalue weighted by Gasteiger charge is -2.26. The predicted octanol–water partition coefficient (Wildman–Crippen LogP) is 1.46. The summed E-state index contributed by atoms with van der Waals surface area (Å²) in [6.45, 7) is 1.40. The van der Waals surface area contributed by atoms with Crippen LogP contribution in [0.4, 0.5) is 0 Å². The summed E-state index contributed by atoms with van der Waals surface area (Å²) < 4.78 is 11.5. The first-order valence-electron chi connectivity index (χ1n) is 3.71. The van der Waals surface area contributed by atoms with E-state index in [0.29, 0.717) is 13.2 Å². The lowest BCUT2D eigenvalue weighted by Crippen LogP contribution is -2.38. The molecule has 0 aromatic carbocycles. The average Bonchev–Trinajstić information content (AvgIpc) is 2.00. The molecule has 0 aliphatic carbocycles. The summed E-state index contributed by atoms with van der Waals surface area (Å²) >= 11 is 2.16. The summed E-state index contributed by atoms with van der Waals surface area (Å²) in [5.41, 5.74) is 0. The van der Waals surface area contributed by atoms with Gasteiger partial charge in [-0.3, -0.25) is 0 Å². The first-order chi connectivity index (χ1) is 5.86. The molecule has 12 heavy (non-hydrogen) atoms. The van der Waals surface area contributed by atoms with Crippen molar-refractivity contribution in [2.45, 2.75) is 6.10 Å². The Labute approximate surface area is 84.2 Å². The zero-order valence-corrected chi connectivity index (χ0v) is 8.52. The highest BCUT2D eigenvalue weighted by Gasteiger charge is 2.20. The van der Waals surface area contributed by atoms with Crippen LogP contribution in [0.1, 0.15) is 0 Å². The Morgan fingerprint density at radius 1 is 1.58 bits per heavy atom. The maximum absolute atomic E-state index is 5.59. The maximum atomic E-state index is 5.59. The zero-order valence-electron chi connectivity index (χ0n) is 6.37. The highest BCUT2D eigenvalue weighted by Crippen LogP contribution is 2.20. The summed E-state index contributed by atoms with van der Waals surface area (Å²) in [6, 6.07) is 3.80. The van der Waals surface area contributed by atoms with E-state index in [2.05, 4.69) is 27.6 Å². The van der Waals surface area contributed by atoms with E-state index in [-0.39, 0.29) is 6.10 Å². The molecule has 64 valence electrons. The van der Waals surface area contributed by atoms with Crippen molar-refractivity contribution in [3.8, 4) is 5.75 Å². The summed E-state index contributed by atoms with van der Waals surface area (Å²) in [5.74, 6) is 0.853. The molecule has 1 aliphatic heterocycles. The van der Waals surface area contributed by atoms with Crippen molar-refractivity contribution in [3.05, 3.63) is 22.0 Å². The molecular formula is C8H8INO2. The summed E-state index contributed by atoms with van der Waals surface area (Å²) in [7, 11) is 0. The smallest absolute Gasteiger partial charge is 0.151 e. The minimum Gasteiger partial charge on any atom is -0.483 e. The largest absolute Gasteiger partial charge is 0.483 e. The molecule has 0 spiro atoms. The van der Waals surface area contributed by atoms with Gasteiger partial charge in [0.15, 0.2) is 5.75 Å². The molecule has 2 rings (SSSR count). The molecule has 0 amide bonds. The number of ether oxygens (including phenoxy) is 2. The number of aromatic nitrogens is 1. The summed E-state index contributed by atoms with van der Waals surface area (Å²) in [5, 5.41) is 0. The molecule has 1 fully saturated rings. The van der Waals surface area contributed by atoms with Gasteiger partial charge in [0, 0.05) is 6.20 Å². The van der Waals surface area contributed by atoms with E-state index < -0.39 is 0 Å².